The number of hydrogen-bond acceptors (Lipinski definition) is 14. The molecule has 4 aromatic rings. The first-order valence-electron chi connectivity index (χ1n) is 42.5. The van der Waals surface area contributed by atoms with Crippen LogP contribution in [0.3, 0.4) is 0 Å². The third-order valence-corrected chi connectivity index (χ3v) is 27.4. The molecule has 18 nitrogen and oxygen atoms in total. The number of sulfonamides is 4. The van der Waals surface area contributed by atoms with Crippen molar-refractivity contribution in [2.45, 2.75) is 96.2 Å². The van der Waals surface area contributed by atoms with Gasteiger partial charge in [-0.05, 0) is 395 Å². The second-order valence-corrected chi connectivity index (χ2v) is 38.3. The summed E-state index contributed by atoms with van der Waals surface area (Å²) in [5.74, 6) is 169. The molecule has 0 aliphatic carbocycles. The minimum atomic E-state index is -3.76. The number of nitrogens with one attached hydrogen (secondary N) is 2. The Balaban J connectivity index is 0.000000369. The summed E-state index contributed by atoms with van der Waals surface area (Å²) in [5, 5.41) is 6.44. The molecule has 6 aliphatic heterocycles. The lowest BCUT2D eigenvalue weighted by Crippen LogP contribution is -2.55. The first-order valence-corrected chi connectivity index (χ1v) is 51.5. The lowest BCUT2D eigenvalue weighted by molar-refractivity contribution is -0.121. The van der Waals surface area contributed by atoms with Crippen LogP contribution in [-0.2, 0) is 59.2 Å². The Kier molecular flexibility index (Phi) is 62.3. The number of ketones is 2. The topological polar surface area (TPSA) is 226 Å². The normalized spacial score (nSPS) is 12.3. The summed E-state index contributed by atoms with van der Waals surface area (Å²) in [6.07, 6.45) is 22.0. The standard InChI is InChI=1S/C25H4.C25H3.C25H2.C19H20Br2N2O5S2.C13H17BrN2O3S.C11H12BrNO3S.C5H9NO/c3*1-3-5-7-9-11-13-15-17-19-21-23-25-24-22-20-18-16-14-12-10-8-6-4-2;20-15-1-5-17(6-2-15)29(24,25)22-11-9-19(10-12-22)23(13-14-28-19)30(26,27)18-7-3-16(21)4-8-18;14-11-1-3-12(4-2-11)20(17,18)16-8-5-13(6-9-16)15-7-10-19-13;12-9-1-3-11(4-2-9)17(15,16)13-7-5-10(14)6-8-13;7-5-1-3-6-4-2-5/h1H,2H3;1H3;1H2;1-8H,9-14H2;1-4,15H,5-10H2;1-4H,5-8H2;6H,1-4H2/q;-1;-2;;;;. The number of ether oxygens (including phenoxy) is 2. The van der Waals surface area contributed by atoms with E-state index in [0.29, 0.717) is 56.1 Å². The van der Waals surface area contributed by atoms with E-state index < -0.39 is 45.8 Å². The largest absolute Gasteiger partial charge is 0.359 e. The van der Waals surface area contributed by atoms with Crippen LogP contribution >= 0.6 is 63.7 Å². The summed E-state index contributed by atoms with van der Waals surface area (Å²) in [7, 11) is -14.2. The highest BCUT2D eigenvalue weighted by Crippen LogP contribution is 2.40. The van der Waals surface area contributed by atoms with Crippen LogP contribution in [0.5, 0.6) is 0 Å². The number of carbonyl (C=O) groups is 2. The number of halogens is 4. The van der Waals surface area contributed by atoms with E-state index in [-0.39, 0.29) is 78.4 Å². The Morgan fingerprint density at radius 1 is 0.295 bits per heavy atom. The van der Waals surface area contributed by atoms with Gasteiger partial charge < -0.3 is 27.6 Å². The fourth-order valence-electron chi connectivity index (χ4n) is 11.1. The highest BCUT2D eigenvalue weighted by atomic mass is 79.9. The van der Waals surface area contributed by atoms with Gasteiger partial charge in [-0.25, -0.2) is 51.4 Å². The van der Waals surface area contributed by atoms with Crippen molar-refractivity contribution >= 4 is 115 Å². The van der Waals surface area contributed by atoms with E-state index in [1.54, 1.807) is 115 Å². The minimum Gasteiger partial charge on any atom is -0.359 e. The minimum absolute atomic E-state index is 0.132. The Labute approximate surface area is 912 Å². The molecule has 0 amide bonds. The number of terminal acetylenes is 1. The molecule has 6 heterocycles. The predicted octanol–water partition coefficient (Wildman–Crippen LogP) is 8.46. The molecule has 716 valence electrons. The van der Waals surface area contributed by atoms with E-state index in [0.717, 1.165) is 50.4 Å². The molecule has 0 atom stereocenters. The summed E-state index contributed by atoms with van der Waals surface area (Å²) >= 11 is 13.2. The number of piperidine rings is 4. The Bertz CT molecular complexity index is 8280. The quantitative estimate of drug-likeness (QED) is 0.125. The van der Waals surface area contributed by atoms with Crippen molar-refractivity contribution in [3.8, 4) is 415 Å². The van der Waals surface area contributed by atoms with Crippen molar-refractivity contribution < 1.29 is 52.7 Å². The number of Topliss-reactive ketones (excluding diaryl/α,β-unsaturated/α-hetero) is 2. The van der Waals surface area contributed by atoms with E-state index in [9.17, 15) is 43.3 Å². The maximum atomic E-state index is 13.2. The van der Waals surface area contributed by atoms with Gasteiger partial charge in [-0.3, -0.25) is 32.7 Å². The molecule has 26 heteroatoms. The van der Waals surface area contributed by atoms with E-state index in [1.807, 2.05) is 11.8 Å². The van der Waals surface area contributed by atoms with Gasteiger partial charge in [0, 0.05) is 194 Å². The predicted molar refractivity (Wildman–Crippen MR) is 588 cm³/mol. The first kappa shape index (κ1) is 123. The Hall–Kier alpha value is -18.4. The van der Waals surface area contributed by atoms with Crippen LogP contribution in [0.25, 0.3) is 0 Å². The molecule has 0 aromatic heterocycles. The van der Waals surface area contributed by atoms with Crippen molar-refractivity contribution in [2.75, 3.05) is 78.7 Å². The summed E-state index contributed by atoms with van der Waals surface area (Å²) < 4.78 is 123. The zero-order chi connectivity index (χ0) is 108. The smallest absolute Gasteiger partial charge is 0.245 e. The van der Waals surface area contributed by atoms with Gasteiger partial charge in [-0.1, -0.05) is 75.6 Å². The number of hydrogen-bond donors (Lipinski definition) is 2. The molecule has 2 spiro atoms. The van der Waals surface area contributed by atoms with E-state index >= 15 is 0 Å². The molecule has 6 fully saturated rings. The summed E-state index contributed by atoms with van der Waals surface area (Å²) in [4.78, 5) is 22.5. The summed E-state index contributed by atoms with van der Waals surface area (Å²) in [5.41, 5.74) is -1.32. The highest BCUT2D eigenvalue weighted by molar-refractivity contribution is 9.11. The van der Waals surface area contributed by atoms with Crippen LogP contribution in [0, 0.1) is 435 Å². The van der Waals surface area contributed by atoms with Crippen LogP contribution in [0.4, 0.5) is 0 Å². The van der Waals surface area contributed by atoms with Crippen molar-refractivity contribution in [3.63, 3.8) is 0 Å². The van der Waals surface area contributed by atoms with Gasteiger partial charge in [0.15, 0.2) is 0 Å². The maximum Gasteiger partial charge on any atom is 0.245 e. The molecule has 6 aliphatic rings. The number of benzene rings is 4. The first-order chi connectivity index (χ1) is 72.3. The number of rotatable bonds is 8. The lowest BCUT2D eigenvalue weighted by atomic mass is 10.0. The van der Waals surface area contributed by atoms with Crippen molar-refractivity contribution in [2.24, 2.45) is 0 Å². The average molecular weight is 2270 g/mol. The summed E-state index contributed by atoms with van der Waals surface area (Å²) in [6, 6.07) is 26.2. The lowest BCUT2D eigenvalue weighted by Gasteiger charge is -2.42. The van der Waals surface area contributed by atoms with E-state index in [4.69, 9.17) is 28.7 Å². The van der Waals surface area contributed by atoms with Gasteiger partial charge in [0.05, 0.1) is 32.8 Å². The zero-order valence-corrected chi connectivity index (χ0v) is 88.6. The SMILES string of the molecule is C#CC#CC#CC#CC#CC#CC#CC#CC#CC#CC#CC#CC.O=C1CCN(S(=O)(=O)c2ccc(Br)cc2)CC1.O=C1CCNCC1.O=S(=O)(c1ccc(Br)cc1)N1CCC2(CC1)NCCO2.O=S(=O)(c1ccc(Br)cc1)N1CCC2(CC1)OCCN2S(=O)(=O)c1ccc(Br)cc1.[C-]#CC#CC#CC#CC#CC#CC#CC#CC#CC#CC#CC#CC.[C-]#CC#CC#CC#CC#CC#CC#CC#CC#CC#CC#CC#C[CH2-]. The van der Waals surface area contributed by atoms with E-state index in [2.05, 4.69) is 478 Å². The molecular formula is C123H67Br4N6O12S4-3. The molecule has 149 heavy (non-hydrogen) atoms. The monoisotopic (exact) mass is 2260 g/mol. The van der Waals surface area contributed by atoms with Gasteiger partial charge in [-0.15, -0.1) is 24.2 Å². The Morgan fingerprint density at radius 3 is 0.765 bits per heavy atom. The second-order valence-electron chi connectivity index (χ2n) is 26.9. The van der Waals surface area contributed by atoms with E-state index in [1.165, 1.54) is 12.9 Å². The van der Waals surface area contributed by atoms with Crippen molar-refractivity contribution in [3.05, 3.63) is 135 Å². The summed E-state index contributed by atoms with van der Waals surface area (Å²) in [6.45, 7) is 12.5. The average Bonchev–Trinajstić information content (AvgIpc) is 1.63. The zero-order valence-electron chi connectivity index (χ0n) is 79.0. The van der Waals surface area contributed by atoms with Gasteiger partial charge in [0.2, 0.25) is 40.1 Å². The highest BCUT2D eigenvalue weighted by Gasteiger charge is 2.52. The number of nitrogens with zero attached hydrogens (tertiary/aromatic N) is 4. The van der Waals surface area contributed by atoms with Gasteiger partial charge in [-0.2, -0.15) is 24.1 Å². The Morgan fingerprint density at radius 2 is 0.530 bits per heavy atom. The van der Waals surface area contributed by atoms with Crippen LogP contribution in [-0.4, -0.2) is 153 Å². The van der Waals surface area contributed by atoms with Gasteiger partial charge in [0.1, 0.15) is 23.0 Å². The molecular weight excluding hydrogens is 2200 g/mol. The fraction of sp³-hybridized carbons (Fsp3) is 0.195. The molecule has 0 bridgehead atoms. The molecule has 10 rings (SSSR count). The van der Waals surface area contributed by atoms with Crippen LogP contribution in [0.2, 0.25) is 0 Å². The molecule has 0 radical (unpaired) electrons. The molecule has 0 unspecified atom stereocenters. The third-order valence-electron chi connectivity index (χ3n) is 17.6. The molecule has 6 saturated heterocycles. The second kappa shape index (κ2) is 75.4. The fourth-order valence-corrected chi connectivity index (χ4v) is 18.2. The van der Waals surface area contributed by atoms with Crippen molar-refractivity contribution in [1.29, 1.82) is 0 Å². The van der Waals surface area contributed by atoms with Crippen LogP contribution < -0.4 is 10.6 Å². The molecule has 2 N–H and O–H groups in total. The molecule has 4 aromatic carbocycles. The van der Waals surface area contributed by atoms with Crippen LogP contribution in [0.1, 0.15) is 65.2 Å². The van der Waals surface area contributed by atoms with Gasteiger partial charge >= 0.3 is 0 Å². The maximum absolute atomic E-state index is 13.2. The van der Waals surface area contributed by atoms with Crippen molar-refractivity contribution in [1.82, 2.24) is 27.9 Å². The molecule has 0 saturated carbocycles. The van der Waals surface area contributed by atoms with Gasteiger partial charge in [0.25, 0.3) is 0 Å². The van der Waals surface area contributed by atoms with Crippen LogP contribution in [0.15, 0.2) is 135 Å². The number of carbonyl (C=O) groups excluding carboxylic acids is 2. The third kappa shape index (κ3) is 53.0.